The molecule has 0 amide bonds. The molecule has 12 heavy (non-hydrogen) atoms. The van der Waals surface area contributed by atoms with Gasteiger partial charge in [0.1, 0.15) is 0 Å². The van der Waals surface area contributed by atoms with Crippen LogP contribution in [0.5, 0.6) is 0 Å². The maximum Gasteiger partial charge on any atom is 0.358 e. The van der Waals surface area contributed by atoms with Gasteiger partial charge in [-0.1, -0.05) is 0 Å². The van der Waals surface area contributed by atoms with Gasteiger partial charge in [0.25, 0.3) is 0 Å². The molecule has 0 aromatic carbocycles. The molecule has 0 unspecified atom stereocenters. The van der Waals surface area contributed by atoms with Crippen LogP contribution in [-0.4, -0.2) is 17.6 Å². The largest absolute Gasteiger partial charge is 0.461 e. The number of carbonyl (C=O) groups is 1. The van der Waals surface area contributed by atoms with E-state index in [2.05, 4.69) is 4.98 Å². The van der Waals surface area contributed by atoms with Gasteiger partial charge in [-0.25, -0.2) is 4.79 Å². The van der Waals surface area contributed by atoms with Crippen molar-refractivity contribution in [1.82, 2.24) is 4.98 Å². The van der Waals surface area contributed by atoms with Gasteiger partial charge in [-0.05, 0) is 11.3 Å². The van der Waals surface area contributed by atoms with E-state index in [1.165, 1.54) is 0 Å². The Morgan fingerprint density at radius 3 is 2.92 bits per heavy atom. The minimum absolute atomic E-state index is 0.131. The van der Waals surface area contributed by atoms with Crippen molar-refractivity contribution in [3.63, 3.8) is 0 Å². The lowest BCUT2D eigenvalue weighted by atomic mass is 10.5. The van der Waals surface area contributed by atoms with Gasteiger partial charge in [-0.15, -0.1) is 0 Å². The fraction of sp³-hybridized carbons (Fsp3) is 0.333. The maximum atomic E-state index is 11.1. The van der Waals surface area contributed by atoms with Crippen LogP contribution in [0.1, 0.15) is 17.4 Å². The number of aromatic nitrogens is 1. The minimum Gasteiger partial charge on any atom is -0.461 e. The van der Waals surface area contributed by atoms with Gasteiger partial charge in [0.2, 0.25) is 0 Å². The molecule has 6 heteroatoms. The highest BCUT2D eigenvalue weighted by molar-refractivity contribution is 7.62. The van der Waals surface area contributed by atoms with E-state index >= 15 is 0 Å². The molecule has 4 nitrogen and oxygen atoms in total. The Morgan fingerprint density at radius 1 is 1.83 bits per heavy atom. The Bertz CT molecular complexity index is 298. The first-order valence-electron chi connectivity index (χ1n) is 3.25. The highest BCUT2D eigenvalue weighted by Gasteiger charge is 2.10. The van der Waals surface area contributed by atoms with Gasteiger partial charge < -0.3 is 34.4 Å². The fourth-order valence-electron chi connectivity index (χ4n) is 0.657. The topological polar surface area (TPSA) is 65.2 Å². The molecule has 1 heterocycles. The Morgan fingerprint density at radius 2 is 2.50 bits per heavy atom. The summed E-state index contributed by atoms with van der Waals surface area (Å²) in [7, 11) is 0. The Balaban J connectivity index is 2.87. The summed E-state index contributed by atoms with van der Waals surface area (Å²) in [5, 5.41) is 0.318. The van der Waals surface area contributed by atoms with Crippen LogP contribution in [0.15, 0.2) is 4.34 Å². The average molecular weight is 203 g/mol. The number of nitrogen functional groups attached to an aromatic ring is 1. The number of hydrogen-bond acceptors (Lipinski definition) is 6. The first kappa shape index (κ1) is 9.21. The van der Waals surface area contributed by atoms with Crippen molar-refractivity contribution in [3.05, 3.63) is 5.69 Å². The number of carbonyl (C=O) groups excluding carboxylic acids is 1. The lowest BCUT2D eigenvalue weighted by molar-refractivity contribution is 0.0521. The van der Waals surface area contributed by atoms with Crippen molar-refractivity contribution in [3.8, 4) is 0 Å². The molecule has 0 saturated carbocycles. The average Bonchev–Trinajstić information content (AvgIpc) is 2.30. The van der Waals surface area contributed by atoms with E-state index in [4.69, 9.17) is 23.1 Å². The predicted octanol–water partition coefficient (Wildman–Crippen LogP) is 0.808. The van der Waals surface area contributed by atoms with Gasteiger partial charge in [-0.2, -0.15) is 0 Å². The maximum absolute atomic E-state index is 11.1. The van der Waals surface area contributed by atoms with Crippen molar-refractivity contribution in [2.24, 2.45) is 0 Å². The predicted molar refractivity (Wildman–Crippen MR) is 48.1 cm³/mol. The van der Waals surface area contributed by atoms with Crippen LogP contribution in [0.4, 0.5) is 5.00 Å². The normalized spacial score (nSPS) is 9.75. The minimum atomic E-state index is -0.512. The van der Waals surface area contributed by atoms with Crippen molar-refractivity contribution < 1.29 is 9.53 Å². The standard InChI is InChI=1S/C6H8N2O2S2/c1-2-10-5(9)3-4(7)12-6(11)8-3/h2,7H2,1H3,(H,8,11)/p-1. The summed E-state index contributed by atoms with van der Waals surface area (Å²) in [5.41, 5.74) is 5.59. The quantitative estimate of drug-likeness (QED) is 0.569. The molecule has 0 spiro atoms. The second-order valence-electron chi connectivity index (χ2n) is 1.91. The number of nitrogens with two attached hydrogens (primary N) is 1. The fourth-order valence-corrected chi connectivity index (χ4v) is 1.57. The summed E-state index contributed by atoms with van der Waals surface area (Å²) < 4.78 is 5.06. The lowest BCUT2D eigenvalue weighted by Gasteiger charge is -1.99. The molecule has 1 rings (SSSR count). The Hall–Kier alpha value is -0.880. The Kier molecular flexibility index (Phi) is 2.83. The van der Waals surface area contributed by atoms with Gasteiger partial charge in [0.05, 0.1) is 6.61 Å². The third-order valence-corrected chi connectivity index (χ3v) is 2.12. The molecular formula is C6H7N2O2S2-. The van der Waals surface area contributed by atoms with Crippen LogP contribution in [0, 0.1) is 0 Å². The van der Waals surface area contributed by atoms with Crippen molar-refractivity contribution in [1.29, 1.82) is 0 Å². The van der Waals surface area contributed by atoms with Crippen molar-refractivity contribution in [2.45, 2.75) is 11.3 Å². The van der Waals surface area contributed by atoms with Gasteiger partial charge >= 0.3 is 5.97 Å². The molecule has 0 aliphatic carbocycles. The Labute approximate surface area is 79.2 Å². The number of thiazole rings is 1. The molecule has 0 saturated heterocycles. The summed E-state index contributed by atoms with van der Waals surface area (Å²) in [4.78, 5) is 14.8. The van der Waals surface area contributed by atoms with E-state index in [0.717, 1.165) is 11.3 Å². The summed E-state index contributed by atoms with van der Waals surface area (Å²) in [6.45, 7) is 2.03. The molecule has 0 atom stereocenters. The van der Waals surface area contributed by atoms with Crippen LogP contribution >= 0.6 is 11.3 Å². The first-order valence-corrected chi connectivity index (χ1v) is 4.48. The third kappa shape index (κ3) is 1.83. The number of hydrogen-bond donors (Lipinski definition) is 1. The number of ether oxygens (including phenoxy) is 1. The molecule has 0 aliphatic rings. The van der Waals surface area contributed by atoms with Gasteiger partial charge in [-0.3, -0.25) is 4.98 Å². The summed E-state index contributed by atoms with van der Waals surface area (Å²) in [6, 6.07) is 0. The highest BCUT2D eigenvalue weighted by Crippen LogP contribution is 2.20. The number of rotatable bonds is 2. The zero-order chi connectivity index (χ0) is 9.14. The number of esters is 1. The molecule has 0 aliphatic heterocycles. The number of anilines is 1. The zero-order valence-electron chi connectivity index (χ0n) is 6.36. The molecule has 66 valence electrons. The molecule has 0 fully saturated rings. The molecule has 1 aromatic rings. The van der Waals surface area contributed by atoms with Crippen LogP contribution in [0.2, 0.25) is 0 Å². The number of nitrogens with zero attached hydrogens (tertiary/aromatic N) is 1. The van der Waals surface area contributed by atoms with E-state index in [1.807, 2.05) is 0 Å². The van der Waals surface area contributed by atoms with Crippen LogP contribution < -0.4 is 5.73 Å². The van der Waals surface area contributed by atoms with Crippen molar-refractivity contribution >= 4 is 34.9 Å². The smallest absolute Gasteiger partial charge is 0.358 e. The van der Waals surface area contributed by atoms with Crippen molar-refractivity contribution in [2.75, 3.05) is 12.3 Å². The molecule has 0 radical (unpaired) electrons. The van der Waals surface area contributed by atoms with E-state index in [-0.39, 0.29) is 5.69 Å². The SMILES string of the molecule is CCOC(=O)c1nc([S-])sc1N. The summed E-state index contributed by atoms with van der Waals surface area (Å²) >= 11 is 5.85. The summed E-state index contributed by atoms with van der Waals surface area (Å²) in [6.07, 6.45) is 0. The van der Waals surface area contributed by atoms with E-state index < -0.39 is 5.97 Å². The van der Waals surface area contributed by atoms with Crippen LogP contribution in [0.25, 0.3) is 0 Å². The highest BCUT2D eigenvalue weighted by atomic mass is 32.2. The molecule has 1 aromatic heterocycles. The second kappa shape index (κ2) is 3.68. The third-order valence-electron chi connectivity index (χ3n) is 1.10. The van der Waals surface area contributed by atoms with E-state index in [1.54, 1.807) is 6.92 Å². The molecular weight excluding hydrogens is 196 g/mol. The monoisotopic (exact) mass is 203 g/mol. The molecule has 2 N–H and O–H groups in total. The zero-order valence-corrected chi connectivity index (χ0v) is 8.00. The second-order valence-corrected chi connectivity index (χ2v) is 3.59. The van der Waals surface area contributed by atoms with E-state index in [0.29, 0.717) is 15.9 Å². The van der Waals surface area contributed by atoms with E-state index in [9.17, 15) is 4.79 Å². The summed E-state index contributed by atoms with van der Waals surface area (Å²) in [5.74, 6) is -0.512. The van der Waals surface area contributed by atoms with Crippen LogP contribution in [-0.2, 0) is 17.4 Å². The first-order chi connectivity index (χ1) is 5.65. The van der Waals surface area contributed by atoms with Gasteiger partial charge in [0.15, 0.2) is 5.69 Å². The van der Waals surface area contributed by atoms with Gasteiger partial charge in [0, 0.05) is 5.00 Å². The van der Waals surface area contributed by atoms with Crippen LogP contribution in [0.3, 0.4) is 0 Å². The lowest BCUT2D eigenvalue weighted by Crippen LogP contribution is -2.07. The molecule has 0 bridgehead atoms.